The number of nitrogens with zero attached hydrogens (tertiary/aromatic N) is 1. The van der Waals surface area contributed by atoms with Crippen LogP contribution >= 0.6 is 0 Å². The van der Waals surface area contributed by atoms with Crippen molar-refractivity contribution in [3.8, 4) is 0 Å². The molecule has 1 aromatic carbocycles. The van der Waals surface area contributed by atoms with Crippen LogP contribution in [-0.2, 0) is 28.7 Å². The number of likely N-dealkylation sites (tertiary alicyclic amines) is 1. The van der Waals surface area contributed by atoms with Gasteiger partial charge < -0.3 is 14.8 Å². The molecule has 1 heterocycles. The number of hydrogen-bond acceptors (Lipinski definition) is 7. The predicted octanol–water partition coefficient (Wildman–Crippen LogP) is 1.30. The highest BCUT2D eigenvalue weighted by atomic mass is 16.5. The van der Waals surface area contributed by atoms with Gasteiger partial charge >= 0.3 is 11.9 Å². The van der Waals surface area contributed by atoms with Crippen LogP contribution in [0.2, 0.25) is 0 Å². The number of benzene rings is 1. The lowest BCUT2D eigenvalue weighted by molar-refractivity contribution is -0.148. The van der Waals surface area contributed by atoms with E-state index >= 15 is 0 Å². The minimum absolute atomic E-state index is 0.0731. The number of carbonyl (C=O) groups is 5. The lowest BCUT2D eigenvalue weighted by Gasteiger charge is -2.14. The summed E-state index contributed by atoms with van der Waals surface area (Å²) >= 11 is 0. The molecule has 1 saturated heterocycles. The molecule has 1 aliphatic heterocycles. The summed E-state index contributed by atoms with van der Waals surface area (Å²) in [4.78, 5) is 61.6. The molecule has 1 aromatic rings. The summed E-state index contributed by atoms with van der Waals surface area (Å²) in [5, 5.41) is 2.48. The molecule has 9 nitrogen and oxygen atoms in total. The van der Waals surface area contributed by atoms with E-state index < -0.39 is 24.5 Å². The zero-order valence-corrected chi connectivity index (χ0v) is 16.5. The molecule has 0 spiro atoms. The van der Waals surface area contributed by atoms with Gasteiger partial charge in [0.1, 0.15) is 0 Å². The Balaban J connectivity index is 1.46. The molecule has 30 heavy (non-hydrogen) atoms. The van der Waals surface area contributed by atoms with E-state index in [2.05, 4.69) is 10.1 Å². The minimum atomic E-state index is -0.708. The second-order valence-electron chi connectivity index (χ2n) is 6.98. The van der Waals surface area contributed by atoms with Crippen LogP contribution in [0.25, 0.3) is 0 Å². The van der Waals surface area contributed by atoms with E-state index in [0.29, 0.717) is 12.8 Å². The Morgan fingerprint density at radius 3 is 2.33 bits per heavy atom. The molecule has 0 unspecified atom stereocenters. The van der Waals surface area contributed by atoms with E-state index in [1.165, 1.54) is 19.2 Å². The zero-order valence-electron chi connectivity index (χ0n) is 16.5. The monoisotopic (exact) mass is 414 g/mol. The first-order valence-corrected chi connectivity index (χ1v) is 9.55. The van der Waals surface area contributed by atoms with Crippen molar-refractivity contribution in [3.63, 3.8) is 0 Å². The average Bonchev–Trinajstić information content (AvgIpc) is 3.00. The smallest absolute Gasteiger partial charge is 0.339 e. The van der Waals surface area contributed by atoms with Crippen LogP contribution in [-0.4, -0.2) is 54.8 Å². The van der Waals surface area contributed by atoms with Crippen molar-refractivity contribution in [2.75, 3.05) is 25.6 Å². The highest BCUT2D eigenvalue weighted by molar-refractivity contribution is 6.05. The van der Waals surface area contributed by atoms with Crippen molar-refractivity contribution in [1.29, 1.82) is 0 Å². The van der Waals surface area contributed by atoms with Crippen molar-refractivity contribution < 1.29 is 33.4 Å². The fourth-order valence-corrected chi connectivity index (χ4v) is 3.58. The molecule has 2 aliphatic rings. The zero-order chi connectivity index (χ0) is 21.7. The Morgan fingerprint density at radius 2 is 1.70 bits per heavy atom. The molecule has 3 rings (SSSR count). The van der Waals surface area contributed by atoms with Gasteiger partial charge in [-0.1, -0.05) is 24.3 Å². The van der Waals surface area contributed by atoms with Crippen LogP contribution in [0, 0.1) is 11.8 Å². The number of anilines is 1. The van der Waals surface area contributed by atoms with Gasteiger partial charge in [0.15, 0.2) is 6.61 Å². The van der Waals surface area contributed by atoms with Gasteiger partial charge in [-0.3, -0.25) is 24.1 Å². The first kappa shape index (κ1) is 21.2. The minimum Gasteiger partial charge on any atom is -0.465 e. The lowest BCUT2D eigenvalue weighted by atomic mass is 9.85. The number of hydrogen-bond donors (Lipinski definition) is 1. The number of rotatable bonds is 7. The highest BCUT2D eigenvalue weighted by Gasteiger charge is 2.46. The van der Waals surface area contributed by atoms with Crippen molar-refractivity contribution in [3.05, 3.63) is 42.0 Å². The second kappa shape index (κ2) is 9.34. The van der Waals surface area contributed by atoms with Gasteiger partial charge in [0, 0.05) is 6.54 Å². The van der Waals surface area contributed by atoms with Crippen molar-refractivity contribution in [2.24, 2.45) is 11.8 Å². The highest BCUT2D eigenvalue weighted by Crippen LogP contribution is 2.35. The molecule has 1 fully saturated rings. The number of methoxy groups -OCH3 is 1. The molecule has 9 heteroatoms. The van der Waals surface area contributed by atoms with Gasteiger partial charge in [-0.05, 0) is 25.0 Å². The van der Waals surface area contributed by atoms with E-state index in [-0.39, 0.29) is 47.9 Å². The number of nitrogens with one attached hydrogen (secondary N) is 1. The van der Waals surface area contributed by atoms with Gasteiger partial charge in [-0.25, -0.2) is 4.79 Å². The van der Waals surface area contributed by atoms with Gasteiger partial charge in [-0.2, -0.15) is 0 Å². The first-order valence-electron chi connectivity index (χ1n) is 9.55. The van der Waals surface area contributed by atoms with E-state index in [1.807, 2.05) is 12.2 Å². The van der Waals surface area contributed by atoms with Crippen molar-refractivity contribution >= 4 is 35.3 Å². The van der Waals surface area contributed by atoms with E-state index in [9.17, 15) is 24.0 Å². The number of carbonyl (C=O) groups excluding carboxylic acids is 5. The maximum absolute atomic E-state index is 12.4. The number of para-hydroxylation sites is 1. The second-order valence-corrected chi connectivity index (χ2v) is 6.98. The van der Waals surface area contributed by atoms with Crippen LogP contribution in [0.4, 0.5) is 5.69 Å². The van der Waals surface area contributed by atoms with Crippen LogP contribution < -0.4 is 5.32 Å². The Bertz CT molecular complexity index is 882. The number of esters is 2. The summed E-state index contributed by atoms with van der Waals surface area (Å²) in [6, 6.07) is 6.26. The third-order valence-corrected chi connectivity index (χ3v) is 5.11. The lowest BCUT2D eigenvalue weighted by Crippen LogP contribution is -2.33. The molecule has 2 atom stereocenters. The normalized spacial score (nSPS) is 20.0. The SMILES string of the molecule is COC(=O)c1ccccc1NC(=O)COC(=O)CCN1C(=O)[C@H]2CC=CC[C@H]2C1=O. The molecule has 1 N–H and O–H groups in total. The first-order chi connectivity index (χ1) is 14.4. The van der Waals surface area contributed by atoms with Crippen molar-refractivity contribution in [2.45, 2.75) is 19.3 Å². The van der Waals surface area contributed by atoms with Gasteiger partial charge in [0.2, 0.25) is 11.8 Å². The fraction of sp³-hybridized carbons (Fsp3) is 0.381. The number of imide groups is 1. The van der Waals surface area contributed by atoms with Crippen molar-refractivity contribution in [1.82, 2.24) is 4.90 Å². The maximum Gasteiger partial charge on any atom is 0.339 e. The third-order valence-electron chi connectivity index (χ3n) is 5.11. The molecule has 3 amide bonds. The molecular weight excluding hydrogens is 392 g/mol. The molecule has 0 aromatic heterocycles. The van der Waals surface area contributed by atoms with Crippen LogP contribution in [0.3, 0.4) is 0 Å². The molecule has 1 aliphatic carbocycles. The molecule has 158 valence electrons. The number of fused-ring (bicyclic) bond motifs is 1. The Labute approximate surface area is 173 Å². The quantitative estimate of drug-likeness (QED) is 0.406. The summed E-state index contributed by atoms with van der Waals surface area (Å²) in [7, 11) is 1.23. The number of ether oxygens (including phenoxy) is 2. The molecule has 0 radical (unpaired) electrons. The fourth-order valence-electron chi connectivity index (χ4n) is 3.58. The summed E-state index contributed by atoms with van der Waals surface area (Å²) < 4.78 is 9.57. The van der Waals surface area contributed by atoms with E-state index in [0.717, 1.165) is 4.90 Å². The average molecular weight is 414 g/mol. The molecule has 0 bridgehead atoms. The van der Waals surface area contributed by atoms with E-state index in [1.54, 1.807) is 12.1 Å². The van der Waals surface area contributed by atoms with E-state index in [4.69, 9.17) is 4.74 Å². The van der Waals surface area contributed by atoms with Gasteiger partial charge in [0.25, 0.3) is 5.91 Å². The molecule has 0 saturated carbocycles. The Hall–Kier alpha value is -3.49. The maximum atomic E-state index is 12.4. The largest absolute Gasteiger partial charge is 0.465 e. The molecular formula is C21H22N2O7. The summed E-state index contributed by atoms with van der Waals surface area (Å²) in [5.41, 5.74) is 0.400. The Kier molecular flexibility index (Phi) is 6.61. The summed E-state index contributed by atoms with van der Waals surface area (Å²) in [6.07, 6.45) is 4.64. The standard InChI is InChI=1S/C21H22N2O7/c1-29-21(28)15-8-4-5-9-16(15)22-17(24)12-30-18(25)10-11-23-19(26)13-6-2-3-7-14(13)20(23)27/h2-5,8-9,13-14H,6-7,10-12H2,1H3,(H,22,24)/t13-,14+. The van der Waals surface area contributed by atoms with Crippen LogP contribution in [0.5, 0.6) is 0 Å². The predicted molar refractivity (Wildman–Crippen MR) is 104 cm³/mol. The number of amides is 3. The van der Waals surface area contributed by atoms with Crippen LogP contribution in [0.15, 0.2) is 36.4 Å². The van der Waals surface area contributed by atoms with Crippen LogP contribution in [0.1, 0.15) is 29.6 Å². The Morgan fingerprint density at radius 1 is 1.07 bits per heavy atom. The summed E-state index contributed by atoms with van der Waals surface area (Å²) in [5.74, 6) is -3.18. The summed E-state index contributed by atoms with van der Waals surface area (Å²) in [6.45, 7) is -0.637. The third kappa shape index (κ3) is 4.56. The van der Waals surface area contributed by atoms with Gasteiger partial charge in [-0.15, -0.1) is 0 Å². The number of allylic oxidation sites excluding steroid dienone is 2. The van der Waals surface area contributed by atoms with Gasteiger partial charge in [0.05, 0.1) is 36.6 Å². The topological polar surface area (TPSA) is 119 Å².